The number of anilines is 5. The Morgan fingerprint density at radius 2 is 0.612 bits per heavy atom. The van der Waals surface area contributed by atoms with Crippen LogP contribution in [0.25, 0.3) is 0 Å². The van der Waals surface area contributed by atoms with Gasteiger partial charge in [-0.15, -0.1) is 0 Å². The Morgan fingerprint density at radius 1 is 0.347 bits per heavy atom. The van der Waals surface area contributed by atoms with E-state index in [1.807, 2.05) is 6.92 Å². The molecule has 0 saturated heterocycles. The molecule has 22 rings (SSSR count). The van der Waals surface area contributed by atoms with E-state index in [2.05, 4.69) is 106 Å². The molecule has 6 unspecified atom stereocenters. The summed E-state index contributed by atoms with van der Waals surface area (Å²) < 4.78 is 144. The topological polar surface area (TPSA) is 567 Å². The Balaban J connectivity index is 0.000000120. The van der Waals surface area contributed by atoms with Gasteiger partial charge >= 0.3 is 30.2 Å². The summed E-state index contributed by atoms with van der Waals surface area (Å²) in [6.07, 6.45) is 39.8. The van der Waals surface area contributed by atoms with Crippen molar-refractivity contribution in [2.75, 3.05) is 33.2 Å². The fourth-order valence-corrected chi connectivity index (χ4v) is 27.0. The first-order valence-electron chi connectivity index (χ1n) is 51.3. The summed E-state index contributed by atoms with van der Waals surface area (Å²) in [4.78, 5) is 63.0. The first-order chi connectivity index (χ1) is 70.2. The van der Waals surface area contributed by atoms with E-state index < -0.39 is 110 Å². The van der Waals surface area contributed by atoms with Crippen molar-refractivity contribution < 1.29 is 91.6 Å². The van der Waals surface area contributed by atoms with Crippen LogP contribution in [0.2, 0.25) is 0 Å². The number of rotatable bonds is 25. The average Bonchev–Trinajstić information content (AvgIpc) is 1.67. The van der Waals surface area contributed by atoms with Gasteiger partial charge in [-0.25, -0.2) is 47.6 Å². The highest BCUT2D eigenvalue weighted by atomic mass is 32.2. The van der Waals surface area contributed by atoms with Gasteiger partial charge in [0.1, 0.15) is 0 Å². The van der Waals surface area contributed by atoms with Crippen LogP contribution in [-0.2, 0) is 191 Å². The highest BCUT2D eigenvalue weighted by molar-refractivity contribution is 7.91. The lowest BCUT2D eigenvalue weighted by Crippen LogP contribution is -2.44. The van der Waals surface area contributed by atoms with Crippen molar-refractivity contribution in [1.82, 2.24) is 72.5 Å². The number of fused-ring (bicyclic) bond motifs is 10. The third kappa shape index (κ3) is 22.7. The predicted octanol–water partition coefficient (Wildman–Crippen LogP) is 11.5. The summed E-state index contributed by atoms with van der Waals surface area (Å²) in [6.45, 7) is 8.59. The van der Waals surface area contributed by atoms with Crippen LogP contribution in [-0.4, -0.2) is 178 Å². The van der Waals surface area contributed by atoms with Crippen LogP contribution in [0.5, 0.6) is 0 Å². The average molecular weight is 2120 g/mol. The summed E-state index contributed by atoms with van der Waals surface area (Å²) in [5, 5.41) is 81.9. The number of sulfonamides is 5. The molecule has 0 bridgehead atoms. The zero-order valence-electron chi connectivity index (χ0n) is 83.2. The molecule has 5 aromatic heterocycles. The lowest BCUT2D eigenvalue weighted by molar-refractivity contribution is 0.0427. The van der Waals surface area contributed by atoms with E-state index in [4.69, 9.17) is 0 Å². The van der Waals surface area contributed by atoms with E-state index in [-0.39, 0.29) is 56.4 Å². The highest BCUT2D eigenvalue weighted by Crippen LogP contribution is 2.46. The van der Waals surface area contributed by atoms with Crippen LogP contribution in [0.15, 0.2) is 117 Å². The summed E-state index contributed by atoms with van der Waals surface area (Å²) in [5.74, 6) is 0. The van der Waals surface area contributed by atoms with E-state index >= 15 is 0 Å². The van der Waals surface area contributed by atoms with Gasteiger partial charge in [0.2, 0.25) is 0 Å². The normalized spacial score (nSPS) is 18.7. The molecule has 7 atom stereocenters. The lowest BCUT2D eigenvalue weighted by atomic mass is 9.77. The minimum absolute atomic E-state index is 0.0910. The maximum Gasteiger partial charge on any atom is 0.333 e. The Labute approximate surface area is 855 Å². The van der Waals surface area contributed by atoms with E-state index in [1.165, 1.54) is 128 Å². The van der Waals surface area contributed by atoms with Gasteiger partial charge in [0.15, 0.2) is 25.1 Å². The largest absolute Gasteiger partial charge is 0.394 e. The monoisotopic (exact) mass is 2110 g/mol. The van der Waals surface area contributed by atoms with Gasteiger partial charge in [-0.3, -0.25) is 23.4 Å². The second kappa shape index (κ2) is 43.3. The van der Waals surface area contributed by atoms with E-state index in [0.717, 1.165) is 309 Å². The Morgan fingerprint density at radius 3 is 0.871 bits per heavy atom. The second-order valence-electron chi connectivity index (χ2n) is 40.7. The number of aliphatic hydroxyl groups excluding tert-OH is 5. The number of aromatic nitrogens is 10. The van der Waals surface area contributed by atoms with Gasteiger partial charge in [-0.2, -0.15) is 67.6 Å². The summed E-state index contributed by atoms with van der Waals surface area (Å²) >= 11 is 0. The second-order valence-corrected chi connectivity index (χ2v) is 48.8. The number of nitrogens with zero attached hydrogens (tertiary/aromatic N) is 10. The minimum atomic E-state index is -4.12. The molecule has 12 aliphatic carbocycles. The molecular weight excluding hydrogens is 1990 g/mol. The van der Waals surface area contributed by atoms with Crippen LogP contribution in [0.4, 0.5) is 52.4 Å². The first-order valence-corrected chi connectivity index (χ1v) is 58.7. The van der Waals surface area contributed by atoms with Gasteiger partial charge in [-0.05, 0) is 407 Å². The molecule has 0 radical (unpaired) electrons. The number of aryl methyl sites for hydroxylation is 10. The molecule has 788 valence electrons. The van der Waals surface area contributed by atoms with Crippen LogP contribution in [0.1, 0.15) is 273 Å². The molecule has 45 heteroatoms. The lowest BCUT2D eigenvalue weighted by Gasteiger charge is -2.40. The number of amides is 10. The molecule has 12 aliphatic rings. The SMILES string of the molecule is CC(O)C(C)n1ccc(S(=O)(=O)NC(=O)Nc2c3c(cc4c2CCC4)CCC3)n1.CC(O)C(C)n1ccc(S(=O)(=O)NC(=O)Nc2c3c(cc4c2CCC4)CCC3)n1.CC[C@@H](O)Cn1ccc(S(=O)(=O)NC(=O)Nc2c3c(cc4c2CCC4)CCC3)n1.O=C(Nc1c2c(cc3c1CCC3)CCC2)NS(=O)(=O)c1ccn(C2(CO)CCC2)n1.O=C(Nc1c2c(cc3c1CCC3)CCC2)NS(=O)(=O)c1ccn(C2CCCC2O)n1. The zero-order valence-corrected chi connectivity index (χ0v) is 87.2. The molecule has 10 aromatic rings. The third-order valence-corrected chi connectivity index (χ3v) is 37.1. The predicted molar refractivity (Wildman–Crippen MR) is 547 cm³/mol. The fourth-order valence-electron chi connectivity index (χ4n) is 22.8. The Bertz CT molecular complexity index is 7050. The van der Waals surface area contributed by atoms with Crippen LogP contribution in [0, 0.1) is 0 Å². The molecule has 0 aliphatic heterocycles. The first kappa shape index (κ1) is 105. The quantitative estimate of drug-likeness (QED) is 0.0253. The molecule has 2 saturated carbocycles. The molecule has 0 spiro atoms. The number of urea groups is 5. The van der Waals surface area contributed by atoms with E-state index in [0.29, 0.717) is 12.8 Å². The van der Waals surface area contributed by atoms with Gasteiger partial charge in [0.05, 0.1) is 61.2 Å². The molecule has 5 heterocycles. The van der Waals surface area contributed by atoms with Crippen molar-refractivity contribution in [3.63, 3.8) is 0 Å². The standard InChI is InChI=1S/2C21H26N4O4S.3C20H26N4O4S/c26-13-21(9-3-10-21)25-11-8-18(23-25)30(28,29)24-20(27)22-19-16-6-1-4-14(16)12-15-5-2-7-17(15)19;26-18-9-3-8-17(18)25-11-10-19(23-25)30(28,29)24-21(27)22-20-15-6-1-4-13(15)12-14-5-2-7-16(14)20;2*1-12(13(2)25)24-10-9-18(22-24)29(27,28)23-20(26)21-19-16-7-3-5-14(16)11-15-6-4-8-17(15)19;1-2-15(25)12-24-10-9-18(22-24)29(27,28)23-20(26)21-19-16-7-3-5-13(16)11-14-6-4-8-17(14)19/h8,11-12,26H,1-7,9-10,13H2,(H2,22,24,27);10-12,17-18,26H,1-9H2,(H2,22,24,27);2*9-13,25H,3-8H2,1-2H3,(H2,21,23,26);9-11,15,25H,2-8,12H2,1H3,(H2,21,23,26)/t;;;;15-/m....1/s1. The molecule has 5 aromatic carbocycles. The number of hydrogen-bond donors (Lipinski definition) is 15. The minimum Gasteiger partial charge on any atom is -0.394 e. The van der Waals surface area contributed by atoms with Crippen molar-refractivity contribution in [2.45, 2.75) is 352 Å². The van der Waals surface area contributed by atoms with Crippen molar-refractivity contribution in [3.8, 4) is 0 Å². The van der Waals surface area contributed by atoms with Gasteiger partial charge in [0, 0.05) is 59.4 Å². The molecular formula is C102H130N20O20S5. The van der Waals surface area contributed by atoms with Crippen molar-refractivity contribution in [1.29, 1.82) is 0 Å². The fraction of sp³-hybridized carbons (Fsp3) is 0.510. The number of carbonyl (C=O) groups excluding carboxylic acids is 5. The van der Waals surface area contributed by atoms with E-state index in [9.17, 15) is 91.6 Å². The third-order valence-electron chi connectivity index (χ3n) is 31.0. The van der Waals surface area contributed by atoms with Gasteiger partial charge in [0.25, 0.3) is 50.1 Å². The highest BCUT2D eigenvalue weighted by Gasteiger charge is 2.42. The molecule has 2 fully saturated rings. The van der Waals surface area contributed by atoms with Gasteiger partial charge in [-0.1, -0.05) is 37.3 Å². The van der Waals surface area contributed by atoms with Crippen LogP contribution >= 0.6 is 0 Å². The molecule has 147 heavy (non-hydrogen) atoms. The molecule has 15 N–H and O–H groups in total. The Kier molecular flexibility index (Phi) is 30.9. The van der Waals surface area contributed by atoms with E-state index in [1.54, 1.807) is 40.1 Å². The van der Waals surface area contributed by atoms with Crippen molar-refractivity contribution in [3.05, 3.63) is 203 Å². The number of aliphatic hydroxyl groups is 5. The van der Waals surface area contributed by atoms with Crippen molar-refractivity contribution in [2.24, 2.45) is 0 Å². The maximum absolute atomic E-state index is 12.7. The smallest absolute Gasteiger partial charge is 0.333 e. The van der Waals surface area contributed by atoms with Gasteiger partial charge < -0.3 is 52.1 Å². The molecule has 10 amide bonds. The number of benzene rings is 5. The summed E-state index contributed by atoms with van der Waals surface area (Å²) in [7, 11) is -20.6. The zero-order chi connectivity index (χ0) is 104. The Hall–Kier alpha value is -12.0. The number of hydrogen-bond acceptors (Lipinski definition) is 25. The number of carbonyl (C=O) groups is 5. The van der Waals surface area contributed by atoms with Crippen LogP contribution in [0.3, 0.4) is 0 Å². The summed E-state index contributed by atoms with van der Waals surface area (Å²) in [6, 6.07) is 13.1. The van der Waals surface area contributed by atoms with Crippen LogP contribution < -0.4 is 50.2 Å². The number of nitrogens with one attached hydrogen (secondary N) is 10. The molecule has 40 nitrogen and oxygen atoms in total. The van der Waals surface area contributed by atoms with Crippen molar-refractivity contribution >= 4 is 109 Å². The summed E-state index contributed by atoms with van der Waals surface area (Å²) in [5.41, 5.74) is 27.4. The maximum atomic E-state index is 12.7.